The highest BCUT2D eigenvalue weighted by Crippen LogP contribution is 2.27. The van der Waals surface area contributed by atoms with E-state index in [0.717, 1.165) is 28.2 Å². The Hall–Kier alpha value is -2.10. The quantitative estimate of drug-likeness (QED) is 0.870. The number of carbonyl (C=O) groups excluding carboxylic acids is 1. The number of aryl methyl sites for hydroxylation is 4. The van der Waals surface area contributed by atoms with Crippen LogP contribution in [0.25, 0.3) is 11.4 Å². The van der Waals surface area contributed by atoms with Crippen LogP contribution >= 0.6 is 0 Å². The molecule has 0 bridgehead atoms. The molecule has 0 aliphatic carbocycles. The van der Waals surface area contributed by atoms with E-state index in [2.05, 4.69) is 42.9 Å². The number of nitrogens with zero attached hydrogens (tertiary/aromatic N) is 1. The topological polar surface area (TPSA) is 55.0 Å². The van der Waals surface area contributed by atoms with Crippen molar-refractivity contribution in [3.8, 4) is 11.4 Å². The molecule has 1 aromatic heterocycles. The average molecular weight is 272 g/mol. The van der Waals surface area contributed by atoms with E-state index < -0.39 is 0 Å². The third-order valence-electron chi connectivity index (χ3n) is 3.27. The zero-order valence-electron chi connectivity index (χ0n) is 12.6. The first-order valence-electron chi connectivity index (χ1n) is 6.76. The molecule has 0 aliphatic rings. The summed E-state index contributed by atoms with van der Waals surface area (Å²) in [6.07, 6.45) is 0. The Morgan fingerprint density at radius 1 is 1.20 bits per heavy atom. The first kappa shape index (κ1) is 14.3. The minimum atomic E-state index is -0.380. The molecule has 20 heavy (non-hydrogen) atoms. The lowest BCUT2D eigenvalue weighted by atomic mass is 9.99. The second kappa shape index (κ2) is 5.49. The summed E-state index contributed by atoms with van der Waals surface area (Å²) >= 11 is 0. The monoisotopic (exact) mass is 272 g/mol. The smallest absolute Gasteiger partial charge is 0.358 e. The SMILES string of the molecule is CCOC(=O)c1nc(-c2c(C)cc(C)cc2C)[nH]c1C. The maximum atomic E-state index is 11.8. The zero-order chi connectivity index (χ0) is 14.9. The fourth-order valence-corrected chi connectivity index (χ4v) is 2.53. The molecule has 0 spiro atoms. The predicted octanol–water partition coefficient (Wildman–Crippen LogP) is 3.49. The van der Waals surface area contributed by atoms with Crippen LogP contribution in [0.1, 0.15) is 39.8 Å². The molecule has 0 amide bonds. The summed E-state index contributed by atoms with van der Waals surface area (Å²) in [5.74, 6) is 0.343. The number of ether oxygens (including phenoxy) is 1. The number of aromatic amines is 1. The number of hydrogen-bond donors (Lipinski definition) is 1. The van der Waals surface area contributed by atoms with Gasteiger partial charge in [-0.05, 0) is 45.7 Å². The van der Waals surface area contributed by atoms with Gasteiger partial charge in [-0.3, -0.25) is 0 Å². The minimum Gasteiger partial charge on any atom is -0.461 e. The van der Waals surface area contributed by atoms with Crippen LogP contribution in [0.5, 0.6) is 0 Å². The van der Waals surface area contributed by atoms with Gasteiger partial charge in [-0.25, -0.2) is 9.78 Å². The van der Waals surface area contributed by atoms with Gasteiger partial charge in [-0.15, -0.1) is 0 Å². The number of H-pyrrole nitrogens is 1. The van der Waals surface area contributed by atoms with E-state index in [4.69, 9.17) is 4.74 Å². The Morgan fingerprint density at radius 3 is 2.35 bits per heavy atom. The van der Waals surface area contributed by atoms with Crippen LogP contribution < -0.4 is 0 Å². The molecule has 106 valence electrons. The first-order valence-corrected chi connectivity index (χ1v) is 6.76. The molecular weight excluding hydrogens is 252 g/mol. The van der Waals surface area contributed by atoms with Gasteiger partial charge in [-0.2, -0.15) is 0 Å². The summed E-state index contributed by atoms with van der Waals surface area (Å²) in [5.41, 5.74) is 5.66. The van der Waals surface area contributed by atoms with E-state index in [0.29, 0.717) is 12.3 Å². The first-order chi connectivity index (χ1) is 9.43. The van der Waals surface area contributed by atoms with Crippen molar-refractivity contribution in [2.45, 2.75) is 34.6 Å². The highest BCUT2D eigenvalue weighted by Gasteiger charge is 2.18. The molecule has 0 saturated carbocycles. The molecule has 0 aliphatic heterocycles. The molecule has 0 fully saturated rings. The summed E-state index contributed by atoms with van der Waals surface area (Å²) in [7, 11) is 0. The number of aromatic nitrogens is 2. The van der Waals surface area contributed by atoms with Gasteiger partial charge in [0.1, 0.15) is 5.82 Å². The molecular formula is C16H20N2O2. The van der Waals surface area contributed by atoms with E-state index >= 15 is 0 Å². The minimum absolute atomic E-state index is 0.350. The van der Waals surface area contributed by atoms with Gasteiger partial charge in [0.15, 0.2) is 5.69 Å². The van der Waals surface area contributed by atoms with Crippen LogP contribution in [0.2, 0.25) is 0 Å². The Balaban J connectivity index is 2.50. The summed E-state index contributed by atoms with van der Waals surface area (Å²) < 4.78 is 5.02. The number of carbonyl (C=O) groups is 1. The lowest BCUT2D eigenvalue weighted by molar-refractivity contribution is 0.0519. The molecule has 1 heterocycles. The van der Waals surface area contributed by atoms with Crippen molar-refractivity contribution in [3.63, 3.8) is 0 Å². The van der Waals surface area contributed by atoms with Gasteiger partial charge in [0.25, 0.3) is 0 Å². The number of esters is 1. The van der Waals surface area contributed by atoms with Crippen LogP contribution in [0.15, 0.2) is 12.1 Å². The third kappa shape index (κ3) is 2.59. The molecule has 4 nitrogen and oxygen atoms in total. The molecule has 1 aromatic carbocycles. The fourth-order valence-electron chi connectivity index (χ4n) is 2.53. The van der Waals surface area contributed by atoms with Crippen molar-refractivity contribution < 1.29 is 9.53 Å². The number of imidazole rings is 1. The number of nitrogens with one attached hydrogen (secondary N) is 1. The highest BCUT2D eigenvalue weighted by atomic mass is 16.5. The van der Waals surface area contributed by atoms with E-state index in [-0.39, 0.29) is 5.97 Å². The van der Waals surface area contributed by atoms with Crippen molar-refractivity contribution in [2.75, 3.05) is 6.61 Å². The van der Waals surface area contributed by atoms with E-state index in [1.54, 1.807) is 6.92 Å². The van der Waals surface area contributed by atoms with Crippen molar-refractivity contribution in [2.24, 2.45) is 0 Å². The standard InChI is InChI=1S/C16H20N2O2/c1-6-20-16(19)14-12(5)17-15(18-14)13-10(3)7-9(2)8-11(13)4/h7-8H,6H2,1-5H3,(H,17,18). The fraction of sp³-hybridized carbons (Fsp3) is 0.375. The number of benzene rings is 1. The maximum Gasteiger partial charge on any atom is 0.358 e. The van der Waals surface area contributed by atoms with Crippen LogP contribution in [-0.2, 0) is 4.74 Å². The van der Waals surface area contributed by atoms with E-state index in [1.165, 1.54) is 5.56 Å². The van der Waals surface area contributed by atoms with Crippen LogP contribution in [0.4, 0.5) is 0 Å². The van der Waals surface area contributed by atoms with Gasteiger partial charge in [0.05, 0.1) is 6.61 Å². The van der Waals surface area contributed by atoms with Gasteiger partial charge in [0, 0.05) is 11.3 Å². The van der Waals surface area contributed by atoms with Crippen molar-refractivity contribution in [3.05, 3.63) is 40.2 Å². The Kier molecular flexibility index (Phi) is 3.93. The number of rotatable bonds is 3. The van der Waals surface area contributed by atoms with Crippen LogP contribution in [-0.4, -0.2) is 22.5 Å². The lowest BCUT2D eigenvalue weighted by Gasteiger charge is -2.08. The second-order valence-electron chi connectivity index (χ2n) is 5.05. The summed E-state index contributed by atoms with van der Waals surface area (Å²) in [5, 5.41) is 0. The predicted molar refractivity (Wildman–Crippen MR) is 78.9 cm³/mol. The van der Waals surface area contributed by atoms with Gasteiger partial charge in [0.2, 0.25) is 0 Å². The summed E-state index contributed by atoms with van der Waals surface area (Å²) in [6, 6.07) is 4.23. The second-order valence-corrected chi connectivity index (χ2v) is 5.05. The molecule has 2 rings (SSSR count). The zero-order valence-corrected chi connectivity index (χ0v) is 12.6. The summed E-state index contributed by atoms with van der Waals surface area (Å²) in [6.45, 7) is 10.1. The number of hydrogen-bond acceptors (Lipinski definition) is 3. The largest absolute Gasteiger partial charge is 0.461 e. The third-order valence-corrected chi connectivity index (χ3v) is 3.27. The van der Waals surface area contributed by atoms with Crippen molar-refractivity contribution in [1.29, 1.82) is 0 Å². The molecule has 2 aromatic rings. The molecule has 0 radical (unpaired) electrons. The average Bonchev–Trinajstić information content (AvgIpc) is 2.70. The Bertz CT molecular complexity index is 633. The van der Waals surface area contributed by atoms with E-state index in [9.17, 15) is 4.79 Å². The Morgan fingerprint density at radius 2 is 1.80 bits per heavy atom. The van der Waals surface area contributed by atoms with Gasteiger partial charge in [-0.1, -0.05) is 17.7 Å². The highest BCUT2D eigenvalue weighted by molar-refractivity contribution is 5.89. The van der Waals surface area contributed by atoms with Gasteiger partial charge >= 0.3 is 5.97 Å². The molecule has 1 N–H and O–H groups in total. The van der Waals surface area contributed by atoms with Crippen molar-refractivity contribution in [1.82, 2.24) is 9.97 Å². The molecule has 0 unspecified atom stereocenters. The van der Waals surface area contributed by atoms with Crippen LogP contribution in [0.3, 0.4) is 0 Å². The molecule has 4 heteroatoms. The normalized spacial score (nSPS) is 10.7. The van der Waals surface area contributed by atoms with Crippen molar-refractivity contribution >= 4 is 5.97 Å². The maximum absolute atomic E-state index is 11.8. The van der Waals surface area contributed by atoms with E-state index in [1.807, 2.05) is 6.92 Å². The summed E-state index contributed by atoms with van der Waals surface area (Å²) in [4.78, 5) is 19.4. The van der Waals surface area contributed by atoms with Gasteiger partial charge < -0.3 is 9.72 Å². The Labute approximate surface area is 119 Å². The molecule has 0 saturated heterocycles. The lowest BCUT2D eigenvalue weighted by Crippen LogP contribution is -2.06. The van der Waals surface area contributed by atoms with Crippen LogP contribution in [0, 0.1) is 27.7 Å². The molecule has 0 atom stereocenters.